The van der Waals surface area contributed by atoms with Gasteiger partial charge < -0.3 is 9.47 Å². The molecule has 11 heavy (non-hydrogen) atoms. The SMILES string of the molecule is COCCOC(=O)CC(F)F. The summed E-state index contributed by atoms with van der Waals surface area (Å²) in [6, 6.07) is 0. The van der Waals surface area contributed by atoms with E-state index in [-0.39, 0.29) is 13.2 Å². The molecule has 0 amide bonds. The molecule has 0 aliphatic rings. The normalized spacial score (nSPS) is 10.2. The lowest BCUT2D eigenvalue weighted by atomic mass is 10.5. The quantitative estimate of drug-likeness (QED) is 0.450. The molecular formula is C6H10F2O3. The van der Waals surface area contributed by atoms with E-state index in [1.54, 1.807) is 0 Å². The Balaban J connectivity index is 3.23. The van der Waals surface area contributed by atoms with Gasteiger partial charge in [-0.25, -0.2) is 8.78 Å². The van der Waals surface area contributed by atoms with Crippen LogP contribution in [0.2, 0.25) is 0 Å². The molecule has 0 radical (unpaired) electrons. The van der Waals surface area contributed by atoms with Crippen molar-refractivity contribution in [3.05, 3.63) is 0 Å². The van der Waals surface area contributed by atoms with Crippen molar-refractivity contribution in [1.29, 1.82) is 0 Å². The fraction of sp³-hybridized carbons (Fsp3) is 0.833. The number of esters is 1. The average Bonchev–Trinajstić information content (AvgIpc) is 1.86. The van der Waals surface area contributed by atoms with Crippen LogP contribution in [-0.4, -0.2) is 32.7 Å². The van der Waals surface area contributed by atoms with Gasteiger partial charge in [0.05, 0.1) is 6.61 Å². The predicted molar refractivity (Wildman–Crippen MR) is 33.5 cm³/mol. The molecule has 0 aliphatic heterocycles. The van der Waals surface area contributed by atoms with E-state index in [1.807, 2.05) is 0 Å². The Morgan fingerprint density at radius 3 is 2.55 bits per heavy atom. The van der Waals surface area contributed by atoms with E-state index in [4.69, 9.17) is 0 Å². The van der Waals surface area contributed by atoms with Crippen LogP contribution in [0.15, 0.2) is 0 Å². The molecule has 0 unspecified atom stereocenters. The van der Waals surface area contributed by atoms with E-state index in [0.29, 0.717) is 0 Å². The molecule has 3 nitrogen and oxygen atoms in total. The summed E-state index contributed by atoms with van der Waals surface area (Å²) in [7, 11) is 1.43. The number of methoxy groups -OCH3 is 1. The van der Waals surface area contributed by atoms with Gasteiger partial charge in [-0.1, -0.05) is 0 Å². The Morgan fingerprint density at radius 2 is 2.09 bits per heavy atom. The Bertz CT molecular complexity index is 116. The number of rotatable bonds is 5. The molecule has 66 valence electrons. The molecule has 5 heteroatoms. The zero-order valence-electron chi connectivity index (χ0n) is 6.18. The van der Waals surface area contributed by atoms with Gasteiger partial charge in [-0.05, 0) is 0 Å². The predicted octanol–water partition coefficient (Wildman–Crippen LogP) is 0.831. The van der Waals surface area contributed by atoms with E-state index in [1.165, 1.54) is 7.11 Å². The van der Waals surface area contributed by atoms with Crippen molar-refractivity contribution < 1.29 is 23.0 Å². The fourth-order valence-electron chi connectivity index (χ4n) is 0.424. The summed E-state index contributed by atoms with van der Waals surface area (Å²) in [6.07, 6.45) is -3.48. The third kappa shape index (κ3) is 7.18. The van der Waals surface area contributed by atoms with E-state index in [2.05, 4.69) is 9.47 Å². The minimum Gasteiger partial charge on any atom is -0.463 e. The minimum atomic E-state index is -2.63. The molecule has 0 N–H and O–H groups in total. The van der Waals surface area contributed by atoms with Gasteiger partial charge in [0.1, 0.15) is 13.0 Å². The maximum Gasteiger partial charge on any atom is 0.311 e. The van der Waals surface area contributed by atoms with E-state index in [9.17, 15) is 13.6 Å². The second-order valence-corrected chi connectivity index (χ2v) is 1.81. The summed E-state index contributed by atoms with van der Waals surface area (Å²) >= 11 is 0. The lowest BCUT2D eigenvalue weighted by Crippen LogP contribution is -2.12. The van der Waals surface area contributed by atoms with Crippen molar-refractivity contribution in [2.24, 2.45) is 0 Å². The summed E-state index contributed by atoms with van der Waals surface area (Å²) in [4.78, 5) is 10.4. The van der Waals surface area contributed by atoms with Crippen LogP contribution in [-0.2, 0) is 14.3 Å². The highest BCUT2D eigenvalue weighted by molar-refractivity contribution is 5.69. The summed E-state index contributed by atoms with van der Waals surface area (Å²) in [5.74, 6) is -0.892. The second kappa shape index (κ2) is 6.03. The highest BCUT2D eigenvalue weighted by atomic mass is 19.3. The maximum absolute atomic E-state index is 11.5. The van der Waals surface area contributed by atoms with Gasteiger partial charge in [-0.15, -0.1) is 0 Å². The van der Waals surface area contributed by atoms with Crippen molar-refractivity contribution in [3.63, 3.8) is 0 Å². The van der Waals surface area contributed by atoms with Gasteiger partial charge in [-0.3, -0.25) is 4.79 Å². The van der Waals surface area contributed by atoms with Crippen LogP contribution >= 0.6 is 0 Å². The van der Waals surface area contributed by atoms with Crippen LogP contribution in [0.3, 0.4) is 0 Å². The second-order valence-electron chi connectivity index (χ2n) is 1.81. The van der Waals surface area contributed by atoms with Gasteiger partial charge >= 0.3 is 5.97 Å². The van der Waals surface area contributed by atoms with Crippen molar-refractivity contribution in [2.45, 2.75) is 12.8 Å². The van der Waals surface area contributed by atoms with Crippen molar-refractivity contribution in [1.82, 2.24) is 0 Å². The zero-order chi connectivity index (χ0) is 8.69. The van der Waals surface area contributed by atoms with E-state index >= 15 is 0 Å². The van der Waals surface area contributed by atoms with Gasteiger partial charge in [0.25, 0.3) is 0 Å². The molecule has 0 aromatic carbocycles. The van der Waals surface area contributed by atoms with Crippen LogP contribution < -0.4 is 0 Å². The van der Waals surface area contributed by atoms with Crippen molar-refractivity contribution in [2.75, 3.05) is 20.3 Å². The molecule has 0 aromatic rings. The standard InChI is InChI=1S/C6H10F2O3/c1-10-2-3-11-6(9)4-5(7)8/h5H,2-4H2,1H3. The Labute approximate surface area is 63.3 Å². The monoisotopic (exact) mass is 168 g/mol. The third-order valence-corrected chi connectivity index (χ3v) is 0.871. The molecular weight excluding hydrogens is 158 g/mol. The summed E-state index contributed by atoms with van der Waals surface area (Å²) < 4.78 is 31.8. The molecule has 0 atom stereocenters. The van der Waals surface area contributed by atoms with Crippen LogP contribution in [0, 0.1) is 0 Å². The number of carbonyl (C=O) groups excluding carboxylic acids is 1. The number of hydrogen-bond acceptors (Lipinski definition) is 3. The smallest absolute Gasteiger partial charge is 0.311 e. The van der Waals surface area contributed by atoms with Crippen LogP contribution in [0.1, 0.15) is 6.42 Å². The largest absolute Gasteiger partial charge is 0.463 e. The number of carbonyl (C=O) groups is 1. The first-order valence-electron chi connectivity index (χ1n) is 3.09. The van der Waals surface area contributed by atoms with Crippen molar-refractivity contribution in [3.8, 4) is 0 Å². The summed E-state index contributed by atoms with van der Waals surface area (Å²) in [5, 5.41) is 0. The maximum atomic E-state index is 11.5. The summed E-state index contributed by atoms with van der Waals surface area (Å²) in [6.45, 7) is 0.261. The van der Waals surface area contributed by atoms with E-state index < -0.39 is 18.8 Å². The van der Waals surface area contributed by atoms with Crippen LogP contribution in [0.5, 0.6) is 0 Å². The van der Waals surface area contributed by atoms with Gasteiger partial charge in [0.2, 0.25) is 6.43 Å². The van der Waals surface area contributed by atoms with E-state index in [0.717, 1.165) is 0 Å². The molecule has 0 fully saturated rings. The topological polar surface area (TPSA) is 35.5 Å². The number of hydrogen-bond donors (Lipinski definition) is 0. The Hall–Kier alpha value is -0.710. The first kappa shape index (κ1) is 10.3. The number of alkyl halides is 2. The minimum absolute atomic E-state index is 0.0298. The van der Waals surface area contributed by atoms with Crippen LogP contribution in [0.25, 0.3) is 0 Å². The average molecular weight is 168 g/mol. The Morgan fingerprint density at radius 1 is 1.45 bits per heavy atom. The van der Waals surface area contributed by atoms with Crippen LogP contribution in [0.4, 0.5) is 8.78 Å². The first-order valence-corrected chi connectivity index (χ1v) is 3.09. The highest BCUT2D eigenvalue weighted by Crippen LogP contribution is 1.99. The molecule has 0 saturated heterocycles. The first-order chi connectivity index (χ1) is 5.16. The molecule has 0 aromatic heterocycles. The van der Waals surface area contributed by atoms with Gasteiger partial charge in [0, 0.05) is 7.11 Å². The zero-order valence-corrected chi connectivity index (χ0v) is 6.18. The molecule has 0 aliphatic carbocycles. The Kier molecular flexibility index (Phi) is 5.64. The molecule has 0 heterocycles. The molecule has 0 saturated carbocycles. The summed E-state index contributed by atoms with van der Waals surface area (Å²) in [5.41, 5.74) is 0. The lowest BCUT2D eigenvalue weighted by molar-refractivity contribution is -0.147. The third-order valence-electron chi connectivity index (χ3n) is 0.871. The molecule has 0 spiro atoms. The lowest BCUT2D eigenvalue weighted by Gasteiger charge is -2.02. The fourth-order valence-corrected chi connectivity index (χ4v) is 0.424. The van der Waals surface area contributed by atoms with Gasteiger partial charge in [0.15, 0.2) is 0 Å². The highest BCUT2D eigenvalue weighted by Gasteiger charge is 2.10. The van der Waals surface area contributed by atoms with Crippen molar-refractivity contribution >= 4 is 5.97 Å². The number of halogens is 2. The number of ether oxygens (including phenoxy) is 2. The molecule has 0 rings (SSSR count). The van der Waals surface area contributed by atoms with Gasteiger partial charge in [-0.2, -0.15) is 0 Å². The molecule has 0 bridgehead atoms.